The van der Waals surface area contributed by atoms with E-state index >= 15 is 0 Å². The van der Waals surface area contributed by atoms with Gasteiger partial charge in [0.25, 0.3) is 0 Å². The number of likely N-dealkylation sites (N-methyl/N-ethyl adjacent to an activating group) is 1. The first-order valence-electron chi connectivity index (χ1n) is 3.21. The van der Waals surface area contributed by atoms with Crippen molar-refractivity contribution in [1.29, 1.82) is 0 Å². The molecule has 2 nitrogen and oxygen atoms in total. The summed E-state index contributed by atoms with van der Waals surface area (Å²) in [6.45, 7) is 3.00. The molecule has 0 fully saturated rings. The summed E-state index contributed by atoms with van der Waals surface area (Å²) in [6, 6.07) is 0. The van der Waals surface area contributed by atoms with Crippen LogP contribution in [-0.4, -0.2) is 35.6 Å². The molecule has 0 bridgehead atoms. The maximum absolute atomic E-state index is 8.51. The summed E-state index contributed by atoms with van der Waals surface area (Å²) in [4.78, 5) is 2.02. The van der Waals surface area contributed by atoms with Crippen molar-refractivity contribution in [2.24, 2.45) is 0 Å². The first kappa shape index (κ1) is 9.27. The maximum Gasteiger partial charge on any atom is 0.0558 e. The highest BCUT2D eigenvalue weighted by atomic mass is 32.1. The highest BCUT2D eigenvalue weighted by molar-refractivity contribution is 7.80. The number of rotatable bonds is 4. The van der Waals surface area contributed by atoms with E-state index in [9.17, 15) is 0 Å². The minimum absolute atomic E-state index is 0.216. The van der Waals surface area contributed by atoms with Crippen molar-refractivity contribution in [2.75, 3.05) is 20.2 Å². The lowest BCUT2D eigenvalue weighted by atomic mass is 10.4. The highest BCUT2D eigenvalue weighted by Gasteiger charge is 2.04. The van der Waals surface area contributed by atoms with Crippen molar-refractivity contribution >= 4 is 12.6 Å². The number of hydrogen-bond donors (Lipinski definition) is 2. The molecule has 0 aromatic carbocycles. The second-order valence-electron chi connectivity index (χ2n) is 2.09. The fourth-order valence-corrected chi connectivity index (χ4v) is 0.734. The molecule has 0 saturated carbocycles. The molecule has 0 aliphatic rings. The van der Waals surface area contributed by atoms with Gasteiger partial charge in [-0.1, -0.05) is 6.92 Å². The van der Waals surface area contributed by atoms with E-state index in [-0.39, 0.29) is 12.0 Å². The van der Waals surface area contributed by atoms with Gasteiger partial charge in [-0.05, 0) is 13.5 Å². The van der Waals surface area contributed by atoms with E-state index in [4.69, 9.17) is 5.11 Å². The van der Waals surface area contributed by atoms with Crippen molar-refractivity contribution in [3.8, 4) is 0 Å². The molecule has 0 aromatic rings. The predicted molar refractivity (Wildman–Crippen MR) is 42.8 cm³/mol. The van der Waals surface area contributed by atoms with Crippen LogP contribution in [0.2, 0.25) is 0 Å². The van der Waals surface area contributed by atoms with Crippen molar-refractivity contribution in [1.82, 2.24) is 4.90 Å². The minimum atomic E-state index is 0.216. The molecule has 9 heavy (non-hydrogen) atoms. The Hall–Kier alpha value is 0.270. The summed E-state index contributed by atoms with van der Waals surface area (Å²) in [7, 11) is 1.96. The lowest BCUT2D eigenvalue weighted by Crippen LogP contribution is -2.29. The molecular formula is C6H15NOS. The largest absolute Gasteiger partial charge is 0.395 e. The normalized spacial score (nSPS) is 14.3. The molecule has 0 amide bonds. The van der Waals surface area contributed by atoms with Crippen molar-refractivity contribution < 1.29 is 5.11 Å². The Morgan fingerprint density at radius 2 is 2.22 bits per heavy atom. The smallest absolute Gasteiger partial charge is 0.0558 e. The first-order chi connectivity index (χ1) is 4.22. The van der Waals surface area contributed by atoms with Crippen LogP contribution in [0, 0.1) is 0 Å². The van der Waals surface area contributed by atoms with E-state index in [2.05, 4.69) is 19.6 Å². The van der Waals surface area contributed by atoms with Crippen molar-refractivity contribution in [2.45, 2.75) is 18.7 Å². The first-order valence-corrected chi connectivity index (χ1v) is 3.73. The topological polar surface area (TPSA) is 23.5 Å². The zero-order chi connectivity index (χ0) is 7.28. The molecule has 0 aliphatic carbocycles. The second kappa shape index (κ2) is 5.09. The van der Waals surface area contributed by atoms with E-state index in [1.54, 1.807) is 0 Å². The van der Waals surface area contributed by atoms with Crippen molar-refractivity contribution in [3.63, 3.8) is 0 Å². The molecule has 1 atom stereocenters. The molecule has 1 N–H and O–H groups in total. The lowest BCUT2D eigenvalue weighted by Gasteiger charge is -2.20. The van der Waals surface area contributed by atoms with Crippen LogP contribution in [0.15, 0.2) is 0 Å². The third-order valence-electron chi connectivity index (χ3n) is 1.33. The second-order valence-corrected chi connectivity index (χ2v) is 2.69. The maximum atomic E-state index is 8.51. The van der Waals surface area contributed by atoms with Gasteiger partial charge in [-0.2, -0.15) is 12.6 Å². The standard InChI is InChI=1S/C6H15NOS/c1-3-6(9)7(2)4-5-8/h6,8-9H,3-5H2,1-2H3. The molecule has 1 unspecified atom stereocenters. The molecule has 0 spiro atoms. The van der Waals surface area contributed by atoms with Crippen molar-refractivity contribution in [3.05, 3.63) is 0 Å². The van der Waals surface area contributed by atoms with Crippen LogP contribution >= 0.6 is 12.6 Å². The fraction of sp³-hybridized carbons (Fsp3) is 1.00. The zero-order valence-electron chi connectivity index (χ0n) is 6.04. The number of thiol groups is 1. The third-order valence-corrected chi connectivity index (χ3v) is 2.09. The Morgan fingerprint density at radius 3 is 2.56 bits per heavy atom. The van der Waals surface area contributed by atoms with E-state index in [0.29, 0.717) is 6.54 Å². The third kappa shape index (κ3) is 3.78. The van der Waals surface area contributed by atoms with Crippen LogP contribution in [0.1, 0.15) is 13.3 Å². The quantitative estimate of drug-likeness (QED) is 0.451. The molecule has 56 valence electrons. The molecule has 0 aliphatic heterocycles. The highest BCUT2D eigenvalue weighted by Crippen LogP contribution is 2.03. The number of aliphatic hydroxyl groups is 1. The summed E-state index contributed by atoms with van der Waals surface area (Å²) in [5, 5.41) is 8.79. The minimum Gasteiger partial charge on any atom is -0.395 e. The van der Waals surface area contributed by atoms with Crippen LogP contribution < -0.4 is 0 Å². The van der Waals surface area contributed by atoms with Gasteiger partial charge in [0.1, 0.15) is 0 Å². The predicted octanol–water partition coefficient (Wildman–Crippen LogP) is 0.576. The van der Waals surface area contributed by atoms with E-state index in [1.807, 2.05) is 11.9 Å². The molecule has 3 heteroatoms. The summed E-state index contributed by atoms with van der Waals surface area (Å²) in [6.07, 6.45) is 1.01. The SMILES string of the molecule is CCC(S)N(C)CCO. The summed E-state index contributed by atoms with van der Waals surface area (Å²) in [5.41, 5.74) is 0. The van der Waals surface area contributed by atoms with E-state index < -0.39 is 0 Å². The molecule has 0 aromatic heterocycles. The average molecular weight is 149 g/mol. The van der Waals surface area contributed by atoms with Crippen LogP contribution in [0.5, 0.6) is 0 Å². The van der Waals surface area contributed by atoms with Crippen LogP contribution in [0.4, 0.5) is 0 Å². The average Bonchev–Trinajstić information content (AvgIpc) is 1.87. The van der Waals surface area contributed by atoms with Crippen LogP contribution in [0.3, 0.4) is 0 Å². The fourth-order valence-electron chi connectivity index (χ4n) is 0.618. The number of aliphatic hydroxyl groups excluding tert-OH is 1. The summed E-state index contributed by atoms with van der Waals surface area (Å²) in [5.74, 6) is 0. The number of nitrogens with zero attached hydrogens (tertiary/aromatic N) is 1. The van der Waals surface area contributed by atoms with Gasteiger partial charge in [0.15, 0.2) is 0 Å². The lowest BCUT2D eigenvalue weighted by molar-refractivity contribution is 0.212. The Kier molecular flexibility index (Phi) is 5.24. The Morgan fingerprint density at radius 1 is 1.67 bits per heavy atom. The summed E-state index contributed by atoms with van der Waals surface area (Å²) < 4.78 is 0. The molecule has 0 rings (SSSR count). The van der Waals surface area contributed by atoms with E-state index in [0.717, 1.165) is 6.42 Å². The molecular weight excluding hydrogens is 134 g/mol. The van der Waals surface area contributed by atoms with Crippen LogP contribution in [0.25, 0.3) is 0 Å². The van der Waals surface area contributed by atoms with Gasteiger partial charge in [0.05, 0.1) is 12.0 Å². The van der Waals surface area contributed by atoms with E-state index in [1.165, 1.54) is 0 Å². The van der Waals surface area contributed by atoms with Gasteiger partial charge < -0.3 is 5.11 Å². The van der Waals surface area contributed by atoms with Gasteiger partial charge in [0, 0.05) is 6.54 Å². The van der Waals surface area contributed by atoms with Gasteiger partial charge in [-0.15, -0.1) is 0 Å². The summed E-state index contributed by atoms with van der Waals surface area (Å²) >= 11 is 4.27. The van der Waals surface area contributed by atoms with Gasteiger partial charge in [-0.25, -0.2) is 0 Å². The zero-order valence-corrected chi connectivity index (χ0v) is 6.93. The Bertz CT molecular complexity index is 70.1. The van der Waals surface area contributed by atoms with Gasteiger partial charge >= 0.3 is 0 Å². The van der Waals surface area contributed by atoms with Gasteiger partial charge in [0.2, 0.25) is 0 Å². The Labute approximate surface area is 62.3 Å². The molecule has 0 heterocycles. The Balaban J connectivity index is 3.32. The molecule has 0 radical (unpaired) electrons. The molecule has 0 saturated heterocycles. The van der Waals surface area contributed by atoms with Gasteiger partial charge in [-0.3, -0.25) is 4.90 Å². The number of hydrogen-bond acceptors (Lipinski definition) is 3. The van der Waals surface area contributed by atoms with Crippen LogP contribution in [-0.2, 0) is 0 Å². The monoisotopic (exact) mass is 149 g/mol.